The molecule has 6 nitrogen and oxygen atoms in total. The van der Waals surface area contributed by atoms with E-state index in [-0.39, 0.29) is 17.4 Å². The summed E-state index contributed by atoms with van der Waals surface area (Å²) in [5.41, 5.74) is -1.57. The molecule has 0 radical (unpaired) electrons. The number of allylic oxidation sites excluding steroid dienone is 4. The molecule has 1 saturated heterocycles. The third kappa shape index (κ3) is 5.40. The van der Waals surface area contributed by atoms with Crippen molar-refractivity contribution in [2.75, 3.05) is 6.67 Å². The number of benzene rings is 1. The van der Waals surface area contributed by atoms with Crippen LogP contribution in [-0.4, -0.2) is 47.4 Å². The van der Waals surface area contributed by atoms with Gasteiger partial charge in [-0.15, -0.1) is 0 Å². The fourth-order valence-electron chi connectivity index (χ4n) is 6.49. The Bertz CT molecular complexity index is 1150. The van der Waals surface area contributed by atoms with Gasteiger partial charge in [-0.3, -0.25) is 9.59 Å². The lowest BCUT2D eigenvalue weighted by atomic mass is 9.61. The Hall–Kier alpha value is -2.29. The van der Waals surface area contributed by atoms with Crippen molar-refractivity contribution < 1.29 is 28.2 Å². The van der Waals surface area contributed by atoms with Gasteiger partial charge >= 0.3 is 5.97 Å². The Balaban J connectivity index is 1.81. The van der Waals surface area contributed by atoms with Gasteiger partial charge in [-0.2, -0.15) is 0 Å². The van der Waals surface area contributed by atoms with Crippen LogP contribution in [0.1, 0.15) is 59.4 Å². The molecular formula is C29H37ClF2N2O4. The second-order valence-corrected chi connectivity index (χ2v) is 12.9. The summed E-state index contributed by atoms with van der Waals surface area (Å²) in [4.78, 5) is 27.7. The zero-order valence-corrected chi connectivity index (χ0v) is 23.2. The van der Waals surface area contributed by atoms with Crippen molar-refractivity contribution in [3.8, 4) is 5.75 Å². The Kier molecular flexibility index (Phi) is 7.83. The standard InChI is InChI=1S/C29H37ClF2N2O4/c1-16(7-6-8-18(32)15-31)23-24(25(35)33-19-12-28(5,37)13-19)34-22(14-27(2,3)4)29(23)20-10-9-17(30)11-21(20)38-26(29)36/h6-11,16,19,22-24,34,37H,12-15H2,1-5H3,(H,33,35)/b7-6-,18-8+/t16?,19-,22-,23+,24-,28+,29+/m1/s1. The first-order valence-corrected chi connectivity index (χ1v) is 13.5. The molecule has 1 saturated carbocycles. The number of nitrogens with one attached hydrogen (secondary N) is 2. The van der Waals surface area contributed by atoms with E-state index >= 15 is 0 Å². The van der Waals surface area contributed by atoms with Gasteiger partial charge in [0.25, 0.3) is 0 Å². The molecule has 208 valence electrons. The monoisotopic (exact) mass is 550 g/mol. The molecule has 0 bridgehead atoms. The minimum atomic E-state index is -1.22. The Morgan fingerprint density at radius 1 is 1.37 bits per heavy atom. The molecule has 4 rings (SSSR count). The van der Waals surface area contributed by atoms with E-state index in [1.54, 1.807) is 31.2 Å². The van der Waals surface area contributed by atoms with Crippen molar-refractivity contribution in [1.29, 1.82) is 0 Å². The first-order chi connectivity index (χ1) is 17.7. The predicted octanol–water partition coefficient (Wildman–Crippen LogP) is 4.93. The van der Waals surface area contributed by atoms with E-state index in [0.29, 0.717) is 35.6 Å². The van der Waals surface area contributed by atoms with Crippen LogP contribution in [0.2, 0.25) is 5.02 Å². The van der Waals surface area contributed by atoms with Crippen molar-refractivity contribution in [2.45, 2.75) is 83.0 Å². The van der Waals surface area contributed by atoms with E-state index in [9.17, 15) is 23.5 Å². The summed E-state index contributed by atoms with van der Waals surface area (Å²) in [6.07, 6.45) is 5.61. The van der Waals surface area contributed by atoms with E-state index in [2.05, 4.69) is 31.4 Å². The number of carbonyl (C=O) groups excluding carboxylic acids is 2. The summed E-state index contributed by atoms with van der Waals surface area (Å²) in [6.45, 7) is 8.58. The summed E-state index contributed by atoms with van der Waals surface area (Å²) in [5, 5.41) is 17.1. The second-order valence-electron chi connectivity index (χ2n) is 12.5. The second kappa shape index (κ2) is 10.4. The number of rotatable bonds is 7. The number of alkyl halides is 1. The number of hydrogen-bond donors (Lipinski definition) is 3. The highest BCUT2D eigenvalue weighted by molar-refractivity contribution is 6.30. The van der Waals surface area contributed by atoms with E-state index in [0.717, 1.165) is 6.08 Å². The molecule has 2 fully saturated rings. The van der Waals surface area contributed by atoms with Gasteiger partial charge in [0.15, 0.2) is 0 Å². The van der Waals surface area contributed by atoms with Gasteiger partial charge < -0.3 is 20.5 Å². The minimum Gasteiger partial charge on any atom is -0.425 e. The van der Waals surface area contributed by atoms with Gasteiger partial charge in [0, 0.05) is 28.6 Å². The third-order valence-electron chi connectivity index (χ3n) is 7.95. The average Bonchev–Trinajstić information content (AvgIpc) is 3.26. The van der Waals surface area contributed by atoms with Gasteiger partial charge in [0.2, 0.25) is 5.91 Å². The van der Waals surface area contributed by atoms with Crippen LogP contribution in [0.25, 0.3) is 0 Å². The highest BCUT2D eigenvalue weighted by atomic mass is 35.5. The van der Waals surface area contributed by atoms with Crippen LogP contribution in [0.4, 0.5) is 8.78 Å². The zero-order chi connectivity index (χ0) is 28.0. The van der Waals surface area contributed by atoms with E-state index in [1.807, 2.05) is 6.92 Å². The first kappa shape index (κ1) is 28.7. The zero-order valence-electron chi connectivity index (χ0n) is 22.5. The summed E-state index contributed by atoms with van der Waals surface area (Å²) < 4.78 is 32.0. The molecule has 1 amide bonds. The number of amides is 1. The summed E-state index contributed by atoms with van der Waals surface area (Å²) in [6, 6.07) is 3.70. The van der Waals surface area contributed by atoms with Gasteiger partial charge in [-0.25, -0.2) is 8.78 Å². The number of esters is 1. The molecule has 5 atom stereocenters. The average molecular weight is 551 g/mol. The van der Waals surface area contributed by atoms with Crippen molar-refractivity contribution in [1.82, 2.24) is 10.6 Å². The molecular weight excluding hydrogens is 514 g/mol. The van der Waals surface area contributed by atoms with E-state index in [4.69, 9.17) is 16.3 Å². The molecule has 1 aliphatic carbocycles. The Morgan fingerprint density at radius 3 is 2.66 bits per heavy atom. The van der Waals surface area contributed by atoms with Gasteiger partial charge in [-0.05, 0) is 55.7 Å². The van der Waals surface area contributed by atoms with E-state index in [1.165, 1.54) is 6.08 Å². The smallest absolute Gasteiger partial charge is 0.324 e. The van der Waals surface area contributed by atoms with Gasteiger partial charge in [0.05, 0.1) is 11.6 Å². The molecule has 0 aromatic heterocycles. The highest BCUT2D eigenvalue weighted by Crippen LogP contribution is 2.56. The summed E-state index contributed by atoms with van der Waals surface area (Å²) in [7, 11) is 0. The number of fused-ring (bicyclic) bond motifs is 2. The van der Waals surface area contributed by atoms with Gasteiger partial charge in [0.1, 0.15) is 23.7 Å². The summed E-state index contributed by atoms with van der Waals surface area (Å²) >= 11 is 6.23. The van der Waals surface area contributed by atoms with E-state index < -0.39 is 53.4 Å². The highest BCUT2D eigenvalue weighted by Gasteiger charge is 2.67. The van der Waals surface area contributed by atoms with Crippen LogP contribution < -0.4 is 15.4 Å². The molecule has 1 aromatic carbocycles. The normalized spacial score (nSPS) is 33.8. The Labute approximate surface area is 227 Å². The predicted molar refractivity (Wildman–Crippen MR) is 142 cm³/mol. The van der Waals surface area contributed by atoms with Gasteiger partial charge in [-0.1, -0.05) is 57.5 Å². The Morgan fingerprint density at radius 2 is 2.05 bits per heavy atom. The largest absolute Gasteiger partial charge is 0.425 e. The molecule has 2 heterocycles. The lowest BCUT2D eigenvalue weighted by molar-refractivity contribution is -0.141. The van der Waals surface area contributed by atoms with Crippen molar-refractivity contribution >= 4 is 23.5 Å². The molecule has 9 heteroatoms. The fourth-order valence-corrected chi connectivity index (χ4v) is 6.66. The maximum Gasteiger partial charge on any atom is 0.324 e. The van der Waals surface area contributed by atoms with Crippen LogP contribution in [-0.2, 0) is 15.0 Å². The quantitative estimate of drug-likeness (QED) is 0.254. The van der Waals surface area contributed by atoms with Crippen LogP contribution in [0.15, 0.2) is 42.3 Å². The third-order valence-corrected chi connectivity index (χ3v) is 8.18. The van der Waals surface area contributed by atoms with Crippen molar-refractivity contribution in [3.63, 3.8) is 0 Å². The number of hydrogen-bond acceptors (Lipinski definition) is 5. The molecule has 1 spiro atoms. The number of ether oxygens (including phenoxy) is 1. The van der Waals surface area contributed by atoms with Crippen molar-refractivity contribution in [3.05, 3.63) is 52.8 Å². The molecule has 2 aliphatic heterocycles. The molecule has 38 heavy (non-hydrogen) atoms. The minimum absolute atomic E-state index is 0.174. The maximum absolute atomic E-state index is 13.9. The first-order valence-electron chi connectivity index (χ1n) is 13.1. The summed E-state index contributed by atoms with van der Waals surface area (Å²) in [5.74, 6) is -2.30. The molecule has 3 N–H and O–H groups in total. The number of carbonyl (C=O) groups is 2. The molecule has 3 aliphatic rings. The molecule has 1 aromatic rings. The fraction of sp³-hybridized carbons (Fsp3) is 0.586. The lowest BCUT2D eigenvalue weighted by Crippen LogP contribution is -2.58. The van der Waals surface area contributed by atoms with Crippen LogP contribution in [0.3, 0.4) is 0 Å². The van der Waals surface area contributed by atoms with Crippen LogP contribution in [0.5, 0.6) is 5.75 Å². The number of aliphatic hydroxyl groups is 1. The maximum atomic E-state index is 13.9. The topological polar surface area (TPSA) is 87.7 Å². The molecule has 1 unspecified atom stereocenters. The van der Waals surface area contributed by atoms with Crippen molar-refractivity contribution in [2.24, 2.45) is 17.3 Å². The lowest BCUT2D eigenvalue weighted by Gasteiger charge is -2.42. The van der Waals surface area contributed by atoms with Crippen LogP contribution in [0, 0.1) is 17.3 Å². The SMILES string of the molecule is CC(/C=C\C=C(\F)CF)[C@H]1[C@H](C(=O)N[C@H]2C[C@@](C)(O)C2)N[C@H](CC(C)(C)C)[C@]12C(=O)Oc1cc(Cl)ccc12. The van der Waals surface area contributed by atoms with Crippen LogP contribution >= 0.6 is 11.6 Å². The number of halogens is 3.